The first-order chi connectivity index (χ1) is 8.66. The molecule has 0 rings (SSSR count). The van der Waals surface area contributed by atoms with Gasteiger partial charge >= 0.3 is 0 Å². The van der Waals surface area contributed by atoms with Gasteiger partial charge in [0.05, 0.1) is 0 Å². The Labute approximate surface area is 116 Å². The Hall–Kier alpha value is -0.123. The summed E-state index contributed by atoms with van der Waals surface area (Å²) < 4.78 is 5.48. The highest BCUT2D eigenvalue weighted by atomic mass is 28.3. The molecule has 0 saturated heterocycles. The Morgan fingerprint density at radius 1 is 0.833 bits per heavy atom. The van der Waals surface area contributed by atoms with E-state index in [4.69, 9.17) is 0 Å². The summed E-state index contributed by atoms with van der Waals surface area (Å²) in [6.45, 7) is 20.5. The van der Waals surface area contributed by atoms with Crippen molar-refractivity contribution in [3.8, 4) is 0 Å². The maximum atomic E-state index is 4.23. The van der Waals surface area contributed by atoms with E-state index in [0.717, 1.165) is 13.1 Å². The maximum Gasteiger partial charge on any atom is 0.231 e. The van der Waals surface area contributed by atoms with Crippen molar-refractivity contribution in [2.45, 2.75) is 59.9 Å². The van der Waals surface area contributed by atoms with E-state index >= 15 is 0 Å². The van der Waals surface area contributed by atoms with Crippen LogP contribution < -0.4 is 0 Å². The minimum Gasteiger partial charge on any atom is -0.309 e. The van der Waals surface area contributed by atoms with Crippen molar-refractivity contribution in [2.24, 2.45) is 0 Å². The number of rotatable bonds is 11. The van der Waals surface area contributed by atoms with Crippen molar-refractivity contribution in [1.82, 2.24) is 9.13 Å². The lowest BCUT2D eigenvalue weighted by Gasteiger charge is -2.47. The van der Waals surface area contributed by atoms with Crippen molar-refractivity contribution in [3.63, 3.8) is 0 Å². The lowest BCUT2D eigenvalue weighted by Crippen LogP contribution is -2.64. The van der Waals surface area contributed by atoms with Crippen molar-refractivity contribution in [1.29, 1.82) is 0 Å². The van der Waals surface area contributed by atoms with Gasteiger partial charge in [0.2, 0.25) is 8.40 Å². The molecule has 2 nitrogen and oxygen atoms in total. The second-order valence-corrected chi connectivity index (χ2v) is 8.92. The van der Waals surface area contributed by atoms with E-state index in [-0.39, 0.29) is 0 Å². The molecule has 0 atom stereocenters. The molecule has 0 aliphatic rings. The zero-order valence-corrected chi connectivity index (χ0v) is 14.3. The van der Waals surface area contributed by atoms with E-state index in [1.165, 1.54) is 38.4 Å². The summed E-state index contributed by atoms with van der Waals surface area (Å²) in [7, 11) is -1.64. The fourth-order valence-corrected chi connectivity index (χ4v) is 7.84. The number of nitrogens with zero attached hydrogens (tertiary/aromatic N) is 2. The standard InChI is InChI=1S/C15H34N2Si/c1-7-13-16(10-4)18(12-6,15-9-3)17(11-5)14-8-2/h12H,6-11,13-15H2,1-5H3. The Kier molecular flexibility index (Phi) is 9.69. The molecule has 0 aromatic carbocycles. The zero-order valence-electron chi connectivity index (χ0n) is 13.3. The van der Waals surface area contributed by atoms with Gasteiger partial charge in [-0.25, -0.2) is 0 Å². The van der Waals surface area contributed by atoms with Gasteiger partial charge in [-0.1, -0.05) is 46.7 Å². The highest BCUT2D eigenvalue weighted by Gasteiger charge is 2.40. The van der Waals surface area contributed by atoms with Crippen molar-refractivity contribution >= 4 is 8.40 Å². The summed E-state index contributed by atoms with van der Waals surface area (Å²) in [5.74, 6) is 0. The lowest BCUT2D eigenvalue weighted by atomic mass is 10.5. The molecule has 0 heterocycles. The Morgan fingerprint density at radius 2 is 1.28 bits per heavy atom. The van der Waals surface area contributed by atoms with Gasteiger partial charge in [-0.15, -0.1) is 6.58 Å². The third-order valence-electron chi connectivity index (χ3n) is 3.79. The smallest absolute Gasteiger partial charge is 0.231 e. The Morgan fingerprint density at radius 3 is 1.50 bits per heavy atom. The molecule has 0 unspecified atom stereocenters. The van der Waals surface area contributed by atoms with Gasteiger partial charge in [-0.2, -0.15) is 0 Å². The molecule has 0 saturated carbocycles. The molecule has 0 aromatic heterocycles. The molecule has 0 N–H and O–H groups in total. The van der Waals surface area contributed by atoms with Crippen LogP contribution in [0.4, 0.5) is 0 Å². The largest absolute Gasteiger partial charge is 0.309 e. The van der Waals surface area contributed by atoms with Gasteiger partial charge < -0.3 is 9.13 Å². The van der Waals surface area contributed by atoms with E-state index in [2.05, 4.69) is 56.0 Å². The van der Waals surface area contributed by atoms with Crippen LogP contribution in [0.5, 0.6) is 0 Å². The summed E-state index contributed by atoms with van der Waals surface area (Å²) in [4.78, 5) is 0. The van der Waals surface area contributed by atoms with Gasteiger partial charge in [-0.3, -0.25) is 0 Å². The summed E-state index contributed by atoms with van der Waals surface area (Å²) in [6, 6.07) is 1.32. The van der Waals surface area contributed by atoms with E-state index in [0.29, 0.717) is 0 Å². The second kappa shape index (κ2) is 9.76. The molecule has 0 radical (unpaired) electrons. The van der Waals surface area contributed by atoms with Crippen LogP contribution in [0.15, 0.2) is 12.3 Å². The molecule has 3 heteroatoms. The van der Waals surface area contributed by atoms with Gasteiger partial charge in [0.25, 0.3) is 0 Å². The highest BCUT2D eigenvalue weighted by Crippen LogP contribution is 2.24. The van der Waals surface area contributed by atoms with Crippen LogP contribution in [0.3, 0.4) is 0 Å². The monoisotopic (exact) mass is 270 g/mol. The molecule has 0 spiro atoms. The summed E-state index contributed by atoms with van der Waals surface area (Å²) in [5, 5.41) is 0. The third kappa shape index (κ3) is 4.21. The first-order valence-electron chi connectivity index (χ1n) is 7.80. The number of hydrogen-bond acceptors (Lipinski definition) is 2. The van der Waals surface area contributed by atoms with Crippen LogP contribution in [0.25, 0.3) is 0 Å². The molecular formula is C15H34N2Si. The predicted octanol–water partition coefficient (Wildman–Crippen LogP) is 4.03. The average Bonchev–Trinajstić information content (AvgIpc) is 2.40. The van der Waals surface area contributed by atoms with Crippen molar-refractivity contribution in [3.05, 3.63) is 12.3 Å². The predicted molar refractivity (Wildman–Crippen MR) is 86.1 cm³/mol. The minimum absolute atomic E-state index is 1.16. The molecule has 108 valence electrons. The highest BCUT2D eigenvalue weighted by molar-refractivity contribution is 6.79. The fraction of sp³-hybridized carbons (Fsp3) is 0.867. The molecule has 0 amide bonds. The maximum absolute atomic E-state index is 4.23. The third-order valence-corrected chi connectivity index (χ3v) is 8.95. The molecular weight excluding hydrogens is 236 g/mol. The van der Waals surface area contributed by atoms with E-state index in [1.54, 1.807) is 0 Å². The first kappa shape index (κ1) is 17.9. The lowest BCUT2D eigenvalue weighted by molar-refractivity contribution is 0.339. The quantitative estimate of drug-likeness (QED) is 0.523. The SMILES string of the molecule is C=C[Si](CCC)(N(CC)CCC)N(CC)CCC. The molecule has 18 heavy (non-hydrogen) atoms. The van der Waals surface area contributed by atoms with Crippen LogP contribution in [0, 0.1) is 0 Å². The van der Waals surface area contributed by atoms with Gasteiger partial charge in [0, 0.05) is 0 Å². The molecule has 0 aliphatic carbocycles. The van der Waals surface area contributed by atoms with E-state index in [1.807, 2.05) is 0 Å². The minimum atomic E-state index is -1.64. The zero-order chi connectivity index (χ0) is 14.0. The van der Waals surface area contributed by atoms with Gasteiger partial charge in [0.15, 0.2) is 0 Å². The van der Waals surface area contributed by atoms with E-state index in [9.17, 15) is 0 Å². The van der Waals surface area contributed by atoms with Crippen molar-refractivity contribution in [2.75, 3.05) is 26.2 Å². The van der Waals surface area contributed by atoms with Crippen LogP contribution in [-0.4, -0.2) is 43.7 Å². The Balaban J connectivity index is 5.25. The first-order valence-corrected chi connectivity index (χ1v) is 9.98. The Bertz CT molecular complexity index is 205. The normalized spacial score (nSPS) is 12.4. The van der Waals surface area contributed by atoms with Crippen LogP contribution in [-0.2, 0) is 0 Å². The molecule has 0 aliphatic heterocycles. The topological polar surface area (TPSA) is 6.48 Å². The van der Waals surface area contributed by atoms with Crippen LogP contribution >= 0.6 is 0 Å². The van der Waals surface area contributed by atoms with E-state index < -0.39 is 8.40 Å². The van der Waals surface area contributed by atoms with Crippen LogP contribution in [0.1, 0.15) is 53.9 Å². The molecule has 0 aromatic rings. The summed E-state index contributed by atoms with van der Waals surface area (Å²) in [6.07, 6.45) is 3.74. The summed E-state index contributed by atoms with van der Waals surface area (Å²) in [5.41, 5.74) is 2.33. The average molecular weight is 271 g/mol. The fourth-order valence-electron chi connectivity index (χ4n) is 3.04. The van der Waals surface area contributed by atoms with Crippen LogP contribution in [0.2, 0.25) is 6.04 Å². The van der Waals surface area contributed by atoms with Gasteiger partial charge in [-0.05, 0) is 45.1 Å². The molecule has 0 fully saturated rings. The van der Waals surface area contributed by atoms with Gasteiger partial charge in [0.1, 0.15) is 0 Å². The second-order valence-electron chi connectivity index (χ2n) is 4.99. The summed E-state index contributed by atoms with van der Waals surface area (Å²) >= 11 is 0. The molecule has 0 bridgehead atoms. The van der Waals surface area contributed by atoms with Crippen molar-refractivity contribution < 1.29 is 0 Å². The number of hydrogen-bond donors (Lipinski definition) is 0.